The molecule has 160 valence electrons. The summed E-state index contributed by atoms with van der Waals surface area (Å²) in [5.74, 6) is 0.0262. The van der Waals surface area contributed by atoms with E-state index in [0.717, 1.165) is 44.1 Å². The topological polar surface area (TPSA) is 72.8 Å². The fraction of sp³-hybridized carbons (Fsp3) is 0.400. The molecule has 0 spiro atoms. The zero-order valence-corrected chi connectivity index (χ0v) is 17.9. The van der Waals surface area contributed by atoms with Crippen LogP contribution in [0.4, 0.5) is 0 Å². The zero-order chi connectivity index (χ0) is 21.5. The lowest BCUT2D eigenvalue weighted by molar-refractivity contribution is -0.133. The molecule has 5 nitrogen and oxygen atoms in total. The number of furan rings is 2. The molecular weight excluding hydrogens is 380 g/mol. The maximum atomic E-state index is 11.5. The molecule has 0 amide bonds. The van der Waals surface area contributed by atoms with Crippen LogP contribution in [0.25, 0.3) is 0 Å². The maximum Gasteiger partial charge on any atom is 0.343 e. The highest BCUT2D eigenvalue weighted by molar-refractivity contribution is 5.93. The molecule has 3 heterocycles. The lowest BCUT2D eigenvalue weighted by Crippen LogP contribution is -1.98. The Bertz CT molecular complexity index is 940. The van der Waals surface area contributed by atoms with Crippen LogP contribution in [0.3, 0.4) is 0 Å². The Morgan fingerprint density at radius 1 is 1.20 bits per heavy atom. The number of rotatable bonds is 10. The van der Waals surface area contributed by atoms with Crippen molar-refractivity contribution in [1.29, 1.82) is 0 Å². The Hall–Kier alpha value is -2.95. The van der Waals surface area contributed by atoms with Gasteiger partial charge in [-0.1, -0.05) is 18.6 Å². The lowest BCUT2D eigenvalue weighted by atomic mass is 9.99. The molecule has 5 heteroatoms. The second-order valence-electron chi connectivity index (χ2n) is 8.08. The summed E-state index contributed by atoms with van der Waals surface area (Å²) < 4.78 is 15.6. The Labute approximate surface area is 177 Å². The lowest BCUT2D eigenvalue weighted by Gasteiger charge is -2.08. The summed E-state index contributed by atoms with van der Waals surface area (Å²) in [5, 5.41) is 9.90. The van der Waals surface area contributed by atoms with E-state index in [-0.39, 0.29) is 17.3 Å². The van der Waals surface area contributed by atoms with E-state index in [9.17, 15) is 9.90 Å². The van der Waals surface area contributed by atoms with E-state index in [2.05, 4.69) is 19.9 Å². The number of aryl methyl sites for hydroxylation is 1. The van der Waals surface area contributed by atoms with Gasteiger partial charge in [0.1, 0.15) is 0 Å². The average molecular weight is 411 g/mol. The molecule has 0 bridgehead atoms. The Morgan fingerprint density at radius 3 is 2.70 bits per heavy atom. The van der Waals surface area contributed by atoms with Crippen LogP contribution in [0.2, 0.25) is 0 Å². The smallest absolute Gasteiger partial charge is 0.343 e. The first-order valence-corrected chi connectivity index (χ1v) is 10.5. The maximum absolute atomic E-state index is 11.5. The van der Waals surface area contributed by atoms with Crippen molar-refractivity contribution < 1.29 is 23.5 Å². The largest absolute Gasteiger partial charge is 0.504 e. The summed E-state index contributed by atoms with van der Waals surface area (Å²) in [7, 11) is 0. The normalized spacial score (nSPS) is 17.1. The van der Waals surface area contributed by atoms with E-state index >= 15 is 0 Å². The van der Waals surface area contributed by atoms with Crippen LogP contribution >= 0.6 is 0 Å². The molecule has 2 aromatic rings. The molecule has 0 radical (unpaired) electrons. The van der Waals surface area contributed by atoms with Crippen LogP contribution < -0.4 is 0 Å². The van der Waals surface area contributed by atoms with Gasteiger partial charge in [0.05, 0.1) is 30.6 Å². The van der Waals surface area contributed by atoms with Gasteiger partial charge in [0.2, 0.25) is 0 Å². The van der Waals surface area contributed by atoms with Crippen LogP contribution in [-0.2, 0) is 22.4 Å². The summed E-state index contributed by atoms with van der Waals surface area (Å²) in [6, 6.07) is 1.98. The van der Waals surface area contributed by atoms with Crippen LogP contribution in [0.15, 0.2) is 74.8 Å². The quantitative estimate of drug-likeness (QED) is 0.361. The number of ether oxygens (including phenoxy) is 1. The fourth-order valence-electron chi connectivity index (χ4n) is 3.58. The van der Waals surface area contributed by atoms with Crippen LogP contribution in [0, 0.1) is 5.92 Å². The first kappa shape index (κ1) is 21.8. The van der Waals surface area contributed by atoms with Gasteiger partial charge >= 0.3 is 5.97 Å². The Kier molecular flexibility index (Phi) is 7.39. The number of aliphatic hydroxyl groups is 1. The van der Waals surface area contributed by atoms with Crippen molar-refractivity contribution in [3.63, 3.8) is 0 Å². The number of esters is 1. The van der Waals surface area contributed by atoms with Gasteiger partial charge < -0.3 is 18.7 Å². The Balaban J connectivity index is 1.40. The second kappa shape index (κ2) is 10.2. The van der Waals surface area contributed by atoms with Crippen molar-refractivity contribution in [2.75, 3.05) is 0 Å². The molecule has 0 unspecified atom stereocenters. The Morgan fingerprint density at radius 2 is 2.00 bits per heavy atom. The SMILES string of the molecule is CC(=CCCc1cocc1Cc1ccoc1)CCC[C@H](C)C=C1OC(=O)C(C)=C1O. The van der Waals surface area contributed by atoms with Gasteiger partial charge in [-0.25, -0.2) is 4.79 Å². The van der Waals surface area contributed by atoms with Gasteiger partial charge in [0.25, 0.3) is 0 Å². The standard InChI is InChI=1S/C25H30O5/c1-17(6-4-8-18(2)12-23-24(26)19(3)25(27)30-23)7-5-9-21-15-29-16-22(21)13-20-10-11-28-14-20/h7,10-12,14-16,18,26H,4-6,8-9,13H2,1-3H3/t18-/m0/s1. The molecule has 3 rings (SSSR count). The van der Waals surface area contributed by atoms with E-state index in [0.29, 0.717) is 5.76 Å². The zero-order valence-electron chi connectivity index (χ0n) is 17.9. The van der Waals surface area contributed by atoms with E-state index in [1.165, 1.54) is 16.7 Å². The number of hydrogen-bond acceptors (Lipinski definition) is 5. The van der Waals surface area contributed by atoms with Crippen molar-refractivity contribution >= 4 is 5.97 Å². The van der Waals surface area contributed by atoms with E-state index < -0.39 is 5.97 Å². The van der Waals surface area contributed by atoms with Crippen molar-refractivity contribution in [2.45, 2.75) is 59.3 Å². The molecule has 1 atom stereocenters. The molecular formula is C25H30O5. The molecule has 0 saturated heterocycles. The summed E-state index contributed by atoms with van der Waals surface area (Å²) in [5.41, 5.74) is 5.26. The minimum absolute atomic E-state index is 0.0330. The highest BCUT2D eigenvalue weighted by Gasteiger charge is 2.26. The number of carbonyl (C=O) groups is 1. The predicted octanol–water partition coefficient (Wildman–Crippen LogP) is 6.42. The number of aliphatic hydroxyl groups excluding tert-OH is 1. The minimum atomic E-state index is -0.463. The number of hydrogen-bond donors (Lipinski definition) is 1. The molecule has 0 aromatic carbocycles. The number of allylic oxidation sites excluding steroid dienone is 3. The molecule has 1 aliphatic heterocycles. The van der Waals surface area contributed by atoms with Gasteiger partial charge in [0.15, 0.2) is 11.5 Å². The first-order valence-electron chi connectivity index (χ1n) is 10.5. The third-order valence-electron chi connectivity index (χ3n) is 5.48. The number of carbonyl (C=O) groups excluding carboxylic acids is 1. The van der Waals surface area contributed by atoms with Gasteiger partial charge in [-0.3, -0.25) is 0 Å². The molecule has 1 aliphatic rings. The monoisotopic (exact) mass is 410 g/mol. The van der Waals surface area contributed by atoms with Gasteiger partial charge in [0, 0.05) is 6.42 Å². The summed E-state index contributed by atoms with van der Waals surface area (Å²) in [4.78, 5) is 11.5. The number of cyclic esters (lactones) is 1. The third-order valence-corrected chi connectivity index (χ3v) is 5.48. The fourth-order valence-corrected chi connectivity index (χ4v) is 3.58. The summed E-state index contributed by atoms with van der Waals surface area (Å²) in [6.45, 7) is 5.81. The average Bonchev–Trinajstić information content (AvgIpc) is 3.43. The molecule has 1 N–H and O–H groups in total. The van der Waals surface area contributed by atoms with Gasteiger partial charge in [-0.2, -0.15) is 0 Å². The summed E-state index contributed by atoms with van der Waals surface area (Å²) in [6.07, 6.45) is 17.1. The van der Waals surface area contributed by atoms with Gasteiger partial charge in [-0.15, -0.1) is 0 Å². The van der Waals surface area contributed by atoms with Gasteiger partial charge in [-0.05, 0) is 80.7 Å². The van der Waals surface area contributed by atoms with E-state index in [1.807, 2.05) is 24.7 Å². The second-order valence-corrected chi connectivity index (χ2v) is 8.08. The van der Waals surface area contributed by atoms with E-state index in [1.54, 1.807) is 19.5 Å². The minimum Gasteiger partial charge on any atom is -0.504 e. The van der Waals surface area contributed by atoms with Crippen molar-refractivity contribution in [1.82, 2.24) is 0 Å². The molecule has 2 aromatic heterocycles. The van der Waals surface area contributed by atoms with Crippen LogP contribution in [0.5, 0.6) is 0 Å². The molecule has 0 aliphatic carbocycles. The highest BCUT2D eigenvalue weighted by atomic mass is 16.6. The molecule has 30 heavy (non-hydrogen) atoms. The third kappa shape index (κ3) is 5.78. The highest BCUT2D eigenvalue weighted by Crippen LogP contribution is 2.26. The van der Waals surface area contributed by atoms with Crippen molar-refractivity contribution in [3.05, 3.63) is 82.6 Å². The van der Waals surface area contributed by atoms with Crippen LogP contribution in [0.1, 0.15) is 63.1 Å². The predicted molar refractivity (Wildman–Crippen MR) is 115 cm³/mol. The van der Waals surface area contributed by atoms with Crippen molar-refractivity contribution in [2.24, 2.45) is 5.92 Å². The van der Waals surface area contributed by atoms with Crippen LogP contribution in [-0.4, -0.2) is 11.1 Å². The molecule has 0 saturated carbocycles. The van der Waals surface area contributed by atoms with Crippen molar-refractivity contribution in [3.8, 4) is 0 Å². The first-order chi connectivity index (χ1) is 14.4. The van der Waals surface area contributed by atoms with E-state index in [4.69, 9.17) is 13.6 Å². The molecule has 0 fully saturated rings. The summed E-state index contributed by atoms with van der Waals surface area (Å²) >= 11 is 0.